The van der Waals surface area contributed by atoms with E-state index < -0.39 is 0 Å². The van der Waals surface area contributed by atoms with Crippen LogP contribution in [0.3, 0.4) is 0 Å². The number of aryl methyl sites for hydroxylation is 2. The van der Waals surface area contributed by atoms with Crippen molar-refractivity contribution in [1.82, 2.24) is 44.4 Å². The summed E-state index contributed by atoms with van der Waals surface area (Å²) in [7, 11) is 3.62. The topological polar surface area (TPSA) is 126 Å². The molecule has 1 saturated carbocycles. The number of nitrogens with one attached hydrogen (secondary N) is 1. The number of imide groups is 1. The van der Waals surface area contributed by atoms with Crippen molar-refractivity contribution in [3.8, 4) is 0 Å². The Morgan fingerprint density at radius 3 is 2.07 bits per heavy atom. The Bertz CT molecular complexity index is 2140. The number of piperazine rings is 2. The average molecular weight is 830 g/mol. The van der Waals surface area contributed by atoms with Gasteiger partial charge in [-0.25, -0.2) is 9.97 Å². The first-order chi connectivity index (χ1) is 29.8. The van der Waals surface area contributed by atoms with E-state index in [0.29, 0.717) is 37.0 Å². The smallest absolute Gasteiger partial charge is 0.270 e. The minimum absolute atomic E-state index is 0.0173. The number of benzene rings is 1. The maximum Gasteiger partial charge on any atom is 0.270 e. The fourth-order valence-corrected chi connectivity index (χ4v) is 10.4. The number of likely N-dealkylation sites (tertiary alicyclic amines) is 1. The molecule has 0 radical (unpaired) electrons. The van der Waals surface area contributed by atoms with Crippen LogP contribution in [0.1, 0.15) is 90.9 Å². The third-order valence-corrected chi connectivity index (χ3v) is 14.1. The summed E-state index contributed by atoms with van der Waals surface area (Å²) in [6.45, 7) is 13.0. The maximum atomic E-state index is 13.1. The highest BCUT2D eigenvalue weighted by molar-refractivity contribution is 6.01. The van der Waals surface area contributed by atoms with Gasteiger partial charge in [-0.1, -0.05) is 25.0 Å². The van der Waals surface area contributed by atoms with Gasteiger partial charge in [0.1, 0.15) is 17.2 Å². The Morgan fingerprint density at radius 1 is 0.721 bits per heavy atom. The highest BCUT2D eigenvalue weighted by atomic mass is 16.2. The molecule has 324 valence electrons. The zero-order chi connectivity index (χ0) is 41.9. The number of rotatable bonds is 12. The summed E-state index contributed by atoms with van der Waals surface area (Å²) >= 11 is 0. The fourth-order valence-electron chi connectivity index (χ4n) is 10.4. The van der Waals surface area contributed by atoms with Crippen molar-refractivity contribution < 1.29 is 14.4 Å². The number of amides is 3. The van der Waals surface area contributed by atoms with Crippen LogP contribution in [0, 0.1) is 0 Å². The number of pyridine rings is 1. The molecule has 4 saturated heterocycles. The van der Waals surface area contributed by atoms with Crippen LogP contribution in [0.4, 0.5) is 11.4 Å². The monoisotopic (exact) mass is 830 g/mol. The summed E-state index contributed by atoms with van der Waals surface area (Å²) < 4.78 is 2.19. The van der Waals surface area contributed by atoms with E-state index in [9.17, 15) is 14.4 Å². The van der Waals surface area contributed by atoms with Gasteiger partial charge in [0, 0.05) is 127 Å². The van der Waals surface area contributed by atoms with Gasteiger partial charge in [0.05, 0.1) is 17.8 Å². The molecule has 1 aromatic carbocycles. The van der Waals surface area contributed by atoms with E-state index in [1.54, 1.807) is 4.90 Å². The molecule has 1 N–H and O–H groups in total. The number of hydrogen-bond acceptors (Lipinski definition) is 11. The highest BCUT2D eigenvalue weighted by Crippen LogP contribution is 2.35. The van der Waals surface area contributed by atoms with Crippen molar-refractivity contribution in [2.75, 3.05) is 102 Å². The maximum absolute atomic E-state index is 13.1. The molecule has 4 aliphatic heterocycles. The van der Waals surface area contributed by atoms with Crippen molar-refractivity contribution in [2.24, 2.45) is 0 Å². The average Bonchev–Trinajstić information content (AvgIpc) is 3.96. The summed E-state index contributed by atoms with van der Waals surface area (Å²) in [4.78, 5) is 66.1. The van der Waals surface area contributed by atoms with Gasteiger partial charge in [-0.05, 0) is 87.5 Å². The Morgan fingerprint density at radius 2 is 1.39 bits per heavy atom. The standard InChI is InChI=1S/C47H63N11O3/c1-52(2)47(61)42-31-35-32-49-43(50-45(35)58(42)39-5-3-4-6-39)15-10-36-9-13-40(33-48-36)57-29-27-56(28-30-57)38-17-19-53(20-18-38)21-22-54-23-25-55(26-24-54)37-11-7-34(8-12-37)41-14-16-44(59)51-46(41)60/h7-9,11-13,31-33,38-39,41H,3-6,10,14-30H2,1-2H3,(H,51,59,60). The van der Waals surface area contributed by atoms with Crippen LogP contribution in [0.5, 0.6) is 0 Å². The van der Waals surface area contributed by atoms with E-state index >= 15 is 0 Å². The molecule has 14 nitrogen and oxygen atoms in total. The van der Waals surface area contributed by atoms with Crippen LogP contribution in [-0.2, 0) is 22.4 Å². The number of fused-ring (bicyclic) bond motifs is 1. The van der Waals surface area contributed by atoms with Gasteiger partial charge in [-0.15, -0.1) is 0 Å². The lowest BCUT2D eigenvalue weighted by molar-refractivity contribution is -0.134. The number of carbonyl (C=O) groups is 3. The van der Waals surface area contributed by atoms with E-state index in [-0.39, 0.29) is 23.6 Å². The molecule has 14 heteroatoms. The van der Waals surface area contributed by atoms with Crippen molar-refractivity contribution in [3.05, 3.63) is 77.6 Å². The van der Waals surface area contributed by atoms with Crippen molar-refractivity contribution in [2.45, 2.75) is 82.2 Å². The van der Waals surface area contributed by atoms with Gasteiger partial charge < -0.3 is 24.2 Å². The summed E-state index contributed by atoms with van der Waals surface area (Å²) in [5.74, 6) is 0.244. The SMILES string of the molecule is CN(C)C(=O)c1cc2cnc(CCc3ccc(N4CCN(C5CCN(CCN6CCN(c7ccc(C8CCC(=O)NC8=O)cc7)CC6)CC5)CC4)cn3)nc2n1C1CCCC1. The Hall–Kier alpha value is -4.92. The normalized spacial score (nSPS) is 21.7. The molecule has 5 aliphatic rings. The lowest BCUT2D eigenvalue weighted by Crippen LogP contribution is -2.54. The molecular weight excluding hydrogens is 767 g/mol. The van der Waals surface area contributed by atoms with Crippen LogP contribution < -0.4 is 15.1 Å². The van der Waals surface area contributed by atoms with Crippen molar-refractivity contribution in [1.29, 1.82) is 0 Å². The zero-order valence-corrected chi connectivity index (χ0v) is 36.2. The molecule has 9 rings (SSSR count). The van der Waals surface area contributed by atoms with E-state index in [4.69, 9.17) is 15.0 Å². The minimum Gasteiger partial charge on any atom is -0.369 e. The predicted octanol–water partition coefficient (Wildman–Crippen LogP) is 4.36. The number of aromatic nitrogens is 4. The molecule has 7 heterocycles. The van der Waals surface area contributed by atoms with Crippen LogP contribution in [-0.4, -0.2) is 156 Å². The quantitative estimate of drug-likeness (QED) is 0.205. The molecule has 1 aliphatic carbocycles. The fraction of sp³-hybridized carbons (Fsp3) is 0.574. The molecule has 1 unspecified atom stereocenters. The van der Waals surface area contributed by atoms with Crippen LogP contribution >= 0.6 is 0 Å². The Labute approximate surface area is 360 Å². The Balaban J connectivity index is 0.682. The molecule has 0 spiro atoms. The zero-order valence-electron chi connectivity index (χ0n) is 36.2. The van der Waals surface area contributed by atoms with Gasteiger partial charge >= 0.3 is 0 Å². The second kappa shape index (κ2) is 18.6. The molecule has 4 aromatic rings. The summed E-state index contributed by atoms with van der Waals surface area (Å²) in [5.41, 5.74) is 6.05. The third kappa shape index (κ3) is 9.46. The lowest BCUT2D eigenvalue weighted by atomic mass is 9.90. The number of carbonyl (C=O) groups excluding carboxylic acids is 3. The van der Waals surface area contributed by atoms with E-state index in [0.717, 1.165) is 113 Å². The van der Waals surface area contributed by atoms with E-state index in [1.807, 2.05) is 32.6 Å². The lowest BCUT2D eigenvalue weighted by Gasteiger charge is -2.43. The van der Waals surface area contributed by atoms with Crippen molar-refractivity contribution in [3.63, 3.8) is 0 Å². The first kappa shape index (κ1) is 41.4. The van der Waals surface area contributed by atoms with Crippen LogP contribution in [0.25, 0.3) is 11.0 Å². The summed E-state index contributed by atoms with van der Waals surface area (Å²) in [6.07, 6.45) is 13.4. The molecule has 0 bridgehead atoms. The first-order valence-corrected chi connectivity index (χ1v) is 22.9. The molecular formula is C47H63N11O3. The second-order valence-corrected chi connectivity index (χ2v) is 18.1. The molecule has 3 aromatic heterocycles. The third-order valence-electron chi connectivity index (χ3n) is 14.1. The molecule has 5 fully saturated rings. The highest BCUT2D eigenvalue weighted by Gasteiger charge is 2.31. The summed E-state index contributed by atoms with van der Waals surface area (Å²) in [6, 6.07) is 15.7. The van der Waals surface area contributed by atoms with E-state index in [2.05, 4.69) is 70.8 Å². The largest absolute Gasteiger partial charge is 0.369 e. The number of anilines is 2. The van der Waals surface area contributed by atoms with Gasteiger partial charge in [0.2, 0.25) is 11.8 Å². The number of piperidine rings is 2. The number of hydrogen-bond donors (Lipinski definition) is 1. The predicted molar refractivity (Wildman–Crippen MR) is 238 cm³/mol. The van der Waals surface area contributed by atoms with Gasteiger partial charge in [0.25, 0.3) is 5.91 Å². The van der Waals surface area contributed by atoms with Crippen LogP contribution in [0.2, 0.25) is 0 Å². The van der Waals surface area contributed by atoms with Gasteiger partial charge in [-0.3, -0.25) is 34.5 Å². The van der Waals surface area contributed by atoms with Gasteiger partial charge in [-0.2, -0.15) is 0 Å². The Kier molecular flexibility index (Phi) is 12.6. The van der Waals surface area contributed by atoms with Crippen molar-refractivity contribution >= 4 is 40.1 Å². The summed E-state index contributed by atoms with van der Waals surface area (Å²) in [5, 5.41) is 3.41. The number of nitrogens with zero attached hydrogens (tertiary/aromatic N) is 10. The molecule has 61 heavy (non-hydrogen) atoms. The molecule has 3 amide bonds. The molecule has 1 atom stereocenters. The minimum atomic E-state index is -0.229. The van der Waals surface area contributed by atoms with E-state index in [1.165, 1.54) is 50.1 Å². The van der Waals surface area contributed by atoms with Gasteiger partial charge in [0.15, 0.2) is 0 Å². The second-order valence-electron chi connectivity index (χ2n) is 18.1. The first-order valence-electron chi connectivity index (χ1n) is 22.9. The van der Waals surface area contributed by atoms with Crippen LogP contribution in [0.15, 0.2) is 54.9 Å².